The molecule has 1 aliphatic heterocycles. The number of ether oxygens (including phenoxy) is 1. The van der Waals surface area contributed by atoms with E-state index in [2.05, 4.69) is 51.6 Å². The molecule has 2 aromatic carbocycles. The van der Waals surface area contributed by atoms with E-state index in [1.54, 1.807) is 0 Å². The Labute approximate surface area is 255 Å². The van der Waals surface area contributed by atoms with Gasteiger partial charge >= 0.3 is 0 Å². The molecular formula is C36H45N3O2S. The zero-order valence-electron chi connectivity index (χ0n) is 25.3. The molecule has 0 atom stereocenters. The fraction of sp³-hybridized carbons (Fsp3) is 0.528. The fourth-order valence-corrected chi connectivity index (χ4v) is 9.96. The molecule has 1 aromatic heterocycles. The summed E-state index contributed by atoms with van der Waals surface area (Å²) in [6.07, 6.45) is 8.39. The number of piperazine rings is 1. The molecule has 0 N–H and O–H groups in total. The highest BCUT2D eigenvalue weighted by molar-refractivity contribution is 7.10. The normalized spacial score (nSPS) is 26.9. The van der Waals surface area contributed by atoms with E-state index in [0.29, 0.717) is 12.0 Å². The second kappa shape index (κ2) is 11.7. The van der Waals surface area contributed by atoms with Crippen molar-refractivity contribution in [1.82, 2.24) is 9.80 Å². The van der Waals surface area contributed by atoms with Gasteiger partial charge in [0, 0.05) is 62.4 Å². The Kier molecular flexibility index (Phi) is 7.78. The van der Waals surface area contributed by atoms with Crippen LogP contribution in [0.15, 0.2) is 60.0 Å². The smallest absolute Gasteiger partial charge is 0.253 e. The summed E-state index contributed by atoms with van der Waals surface area (Å²) in [4.78, 5) is 21.9. The predicted octanol–water partition coefficient (Wildman–Crippen LogP) is 7.42. The van der Waals surface area contributed by atoms with Gasteiger partial charge in [-0.3, -0.25) is 9.69 Å². The molecule has 3 aromatic rings. The molecule has 4 bridgehead atoms. The van der Waals surface area contributed by atoms with Crippen LogP contribution < -0.4 is 9.64 Å². The maximum Gasteiger partial charge on any atom is 0.253 e. The van der Waals surface area contributed by atoms with Crippen molar-refractivity contribution in [2.24, 2.45) is 23.2 Å². The molecule has 5 fully saturated rings. The van der Waals surface area contributed by atoms with Gasteiger partial charge in [-0.05, 0) is 128 Å². The first-order valence-corrected chi connectivity index (χ1v) is 17.0. The standard InChI is InChI=1S/C36H45N3O2S/c1-3-41-33-6-4-5-30(18-33)31-19-34(42-24-31)23-38-11-13-39(14-12-38)32-9-7-29(8-10-32)35(40)37(2)25-36-20-26-15-27(21-36)17-28(16-26)22-36/h4-10,18-19,24,26-28H,3,11-17,20-23,25H2,1-2H3. The number of carbonyl (C=O) groups is 1. The summed E-state index contributed by atoms with van der Waals surface area (Å²) in [6, 6.07) is 19.1. The summed E-state index contributed by atoms with van der Waals surface area (Å²) in [6.45, 7) is 8.74. The van der Waals surface area contributed by atoms with Crippen molar-refractivity contribution in [3.8, 4) is 16.9 Å². The first-order valence-electron chi connectivity index (χ1n) is 16.1. The van der Waals surface area contributed by atoms with Crippen molar-refractivity contribution in [3.05, 3.63) is 70.4 Å². The van der Waals surface area contributed by atoms with Gasteiger partial charge in [0.2, 0.25) is 0 Å². The molecule has 1 amide bonds. The maximum absolute atomic E-state index is 13.4. The van der Waals surface area contributed by atoms with Crippen LogP contribution in [-0.4, -0.2) is 62.1 Å². The second-order valence-corrected chi connectivity index (χ2v) is 14.6. The largest absolute Gasteiger partial charge is 0.494 e. The molecule has 0 radical (unpaired) electrons. The number of carbonyl (C=O) groups excluding carboxylic acids is 1. The number of rotatable bonds is 9. The second-order valence-electron chi connectivity index (χ2n) is 13.7. The third kappa shape index (κ3) is 5.85. The molecule has 4 saturated carbocycles. The number of hydrogen-bond donors (Lipinski definition) is 0. The van der Waals surface area contributed by atoms with Gasteiger partial charge in [0.05, 0.1) is 6.61 Å². The minimum absolute atomic E-state index is 0.182. The molecule has 5 aliphatic rings. The van der Waals surface area contributed by atoms with Crippen molar-refractivity contribution in [3.63, 3.8) is 0 Å². The van der Waals surface area contributed by atoms with E-state index in [-0.39, 0.29) is 5.91 Å². The minimum atomic E-state index is 0.182. The molecule has 0 spiro atoms. The summed E-state index contributed by atoms with van der Waals surface area (Å²) >= 11 is 1.85. The van der Waals surface area contributed by atoms with Crippen LogP contribution in [0.5, 0.6) is 5.75 Å². The molecular weight excluding hydrogens is 538 g/mol. The lowest BCUT2D eigenvalue weighted by molar-refractivity contribution is -0.0629. The van der Waals surface area contributed by atoms with E-state index in [1.807, 2.05) is 48.4 Å². The van der Waals surface area contributed by atoms with Crippen LogP contribution in [0, 0.1) is 23.2 Å². The zero-order valence-corrected chi connectivity index (χ0v) is 26.1. The van der Waals surface area contributed by atoms with Crippen LogP contribution in [-0.2, 0) is 6.54 Å². The maximum atomic E-state index is 13.4. The molecule has 2 heterocycles. The number of anilines is 1. The third-order valence-electron chi connectivity index (χ3n) is 10.4. The number of nitrogens with zero attached hydrogens (tertiary/aromatic N) is 3. The topological polar surface area (TPSA) is 36.0 Å². The van der Waals surface area contributed by atoms with Crippen LogP contribution in [0.4, 0.5) is 5.69 Å². The van der Waals surface area contributed by atoms with E-state index in [4.69, 9.17) is 4.74 Å². The van der Waals surface area contributed by atoms with Crippen LogP contribution in [0.1, 0.15) is 60.7 Å². The SMILES string of the molecule is CCOc1cccc(-c2csc(CN3CCN(c4ccc(C(=O)N(C)CC56CC7CC(CC(C7)C5)C6)cc4)CC3)c2)c1. The lowest BCUT2D eigenvalue weighted by Gasteiger charge is -2.57. The predicted molar refractivity (Wildman–Crippen MR) is 172 cm³/mol. The van der Waals surface area contributed by atoms with Gasteiger partial charge in [-0.2, -0.15) is 0 Å². The van der Waals surface area contributed by atoms with Gasteiger partial charge in [0.25, 0.3) is 5.91 Å². The molecule has 1 saturated heterocycles. The van der Waals surface area contributed by atoms with Crippen molar-refractivity contribution >= 4 is 22.9 Å². The highest BCUT2D eigenvalue weighted by Gasteiger charge is 2.51. The average Bonchev–Trinajstić information content (AvgIpc) is 3.45. The molecule has 6 heteroatoms. The monoisotopic (exact) mass is 583 g/mol. The molecule has 0 unspecified atom stereocenters. The van der Waals surface area contributed by atoms with Crippen LogP contribution >= 0.6 is 11.3 Å². The zero-order chi connectivity index (χ0) is 28.7. The first kappa shape index (κ1) is 28.0. The average molecular weight is 584 g/mol. The fourth-order valence-electron chi connectivity index (χ4n) is 9.03. The van der Waals surface area contributed by atoms with Gasteiger partial charge < -0.3 is 14.5 Å². The van der Waals surface area contributed by atoms with Crippen molar-refractivity contribution in [1.29, 1.82) is 0 Å². The molecule has 4 aliphatic carbocycles. The molecule has 42 heavy (non-hydrogen) atoms. The summed E-state index contributed by atoms with van der Waals surface area (Å²) < 4.78 is 5.69. The van der Waals surface area contributed by atoms with Gasteiger partial charge in [0.15, 0.2) is 0 Å². The quantitative estimate of drug-likeness (QED) is 0.263. The highest BCUT2D eigenvalue weighted by Crippen LogP contribution is 2.60. The summed E-state index contributed by atoms with van der Waals surface area (Å²) in [5, 5.41) is 2.26. The third-order valence-corrected chi connectivity index (χ3v) is 11.4. The van der Waals surface area contributed by atoms with E-state index in [1.165, 1.54) is 60.2 Å². The Balaban J connectivity index is 0.909. The summed E-state index contributed by atoms with van der Waals surface area (Å²) in [5.41, 5.74) is 4.92. The minimum Gasteiger partial charge on any atom is -0.494 e. The van der Waals surface area contributed by atoms with Gasteiger partial charge in [-0.25, -0.2) is 0 Å². The van der Waals surface area contributed by atoms with E-state index >= 15 is 0 Å². The van der Waals surface area contributed by atoms with Crippen molar-refractivity contribution in [2.75, 3.05) is 51.3 Å². The Morgan fingerprint density at radius 1 is 0.929 bits per heavy atom. The number of benzene rings is 2. The van der Waals surface area contributed by atoms with Crippen molar-refractivity contribution < 1.29 is 9.53 Å². The number of hydrogen-bond acceptors (Lipinski definition) is 5. The number of amides is 1. The van der Waals surface area contributed by atoms with E-state index in [9.17, 15) is 4.79 Å². The lowest BCUT2D eigenvalue weighted by Crippen LogP contribution is -2.51. The molecule has 222 valence electrons. The number of thiophene rings is 1. The molecule has 8 rings (SSSR count). The Hall–Kier alpha value is -2.83. The lowest BCUT2D eigenvalue weighted by atomic mass is 9.49. The van der Waals surface area contributed by atoms with Gasteiger partial charge in [0.1, 0.15) is 5.75 Å². The van der Waals surface area contributed by atoms with E-state index in [0.717, 1.165) is 68.3 Å². The Bertz CT molecular complexity index is 1360. The Morgan fingerprint density at radius 2 is 1.62 bits per heavy atom. The van der Waals surface area contributed by atoms with Gasteiger partial charge in [-0.15, -0.1) is 11.3 Å². The summed E-state index contributed by atoms with van der Waals surface area (Å²) in [7, 11) is 2.03. The highest BCUT2D eigenvalue weighted by atomic mass is 32.1. The van der Waals surface area contributed by atoms with Crippen LogP contribution in [0.25, 0.3) is 11.1 Å². The first-order chi connectivity index (χ1) is 20.4. The molecule has 5 nitrogen and oxygen atoms in total. The van der Waals surface area contributed by atoms with Crippen LogP contribution in [0.2, 0.25) is 0 Å². The van der Waals surface area contributed by atoms with Crippen molar-refractivity contribution in [2.45, 2.75) is 52.0 Å². The van der Waals surface area contributed by atoms with Crippen LogP contribution in [0.3, 0.4) is 0 Å². The van der Waals surface area contributed by atoms with E-state index < -0.39 is 0 Å². The summed E-state index contributed by atoms with van der Waals surface area (Å²) in [5.74, 6) is 3.88. The van der Waals surface area contributed by atoms with Gasteiger partial charge in [-0.1, -0.05) is 12.1 Å². The Morgan fingerprint density at radius 3 is 2.29 bits per heavy atom.